The summed E-state index contributed by atoms with van der Waals surface area (Å²) in [6.07, 6.45) is 0.0808. The third-order valence-corrected chi connectivity index (χ3v) is 6.63. The van der Waals surface area contributed by atoms with Crippen LogP contribution in [-0.4, -0.2) is 59.9 Å². The Balaban J connectivity index is 1.60. The highest BCUT2D eigenvalue weighted by Gasteiger charge is 2.31. The van der Waals surface area contributed by atoms with Gasteiger partial charge in [0.25, 0.3) is 0 Å². The lowest BCUT2D eigenvalue weighted by atomic mass is 9.95. The Kier molecular flexibility index (Phi) is 11.5. The molecule has 3 rings (SSSR count). The van der Waals surface area contributed by atoms with Gasteiger partial charge in [0, 0.05) is 38.0 Å². The fraction of sp³-hybridized carbons (Fsp3) is 0.467. The van der Waals surface area contributed by atoms with E-state index < -0.39 is 70.8 Å². The molecular weight excluding hydrogens is 574 g/mol. The van der Waals surface area contributed by atoms with Crippen molar-refractivity contribution in [3.8, 4) is 5.75 Å². The maximum absolute atomic E-state index is 14.0. The number of Topliss-reactive ketones (excluding diaryl/α,β-unsaturated/α-hetero) is 1. The van der Waals surface area contributed by atoms with Crippen molar-refractivity contribution >= 4 is 23.7 Å². The molecule has 43 heavy (non-hydrogen) atoms. The van der Waals surface area contributed by atoms with E-state index in [9.17, 15) is 36.7 Å². The fourth-order valence-electron chi connectivity index (χ4n) is 4.41. The molecule has 1 fully saturated rings. The number of carbonyl (C=O) groups excluding carboxylic acids is 4. The Bertz CT molecular complexity index is 1280. The van der Waals surface area contributed by atoms with Gasteiger partial charge in [0.1, 0.15) is 12.2 Å². The minimum absolute atomic E-state index is 0.00142. The summed E-state index contributed by atoms with van der Waals surface area (Å²) in [6.45, 7) is 4.82. The first-order valence-corrected chi connectivity index (χ1v) is 13.8. The molecule has 0 spiro atoms. The minimum atomic E-state index is -1.82. The summed E-state index contributed by atoms with van der Waals surface area (Å²) in [5.41, 5.74) is 0.130. The molecule has 1 aliphatic heterocycles. The van der Waals surface area contributed by atoms with Crippen molar-refractivity contribution in [2.75, 3.05) is 19.7 Å². The Labute approximate surface area is 246 Å². The molecule has 1 atom stereocenters. The third-order valence-electron chi connectivity index (χ3n) is 6.63. The normalized spacial score (nSPS) is 14.5. The zero-order valence-electron chi connectivity index (χ0n) is 24.2. The number of esters is 1. The number of hydrogen-bond donors (Lipinski definition) is 2. The molecule has 0 bridgehead atoms. The van der Waals surface area contributed by atoms with Crippen molar-refractivity contribution in [2.24, 2.45) is 5.92 Å². The van der Waals surface area contributed by atoms with E-state index in [4.69, 9.17) is 9.47 Å². The minimum Gasteiger partial charge on any atom is -0.479 e. The Morgan fingerprint density at radius 3 is 2.16 bits per heavy atom. The lowest BCUT2D eigenvalue weighted by Crippen LogP contribution is -2.50. The van der Waals surface area contributed by atoms with Gasteiger partial charge in [0.15, 0.2) is 23.2 Å². The number of rotatable bonds is 11. The predicted octanol–water partition coefficient (Wildman–Crippen LogP) is 4.42. The van der Waals surface area contributed by atoms with Gasteiger partial charge >= 0.3 is 12.0 Å². The van der Waals surface area contributed by atoms with Crippen LogP contribution in [0, 0.1) is 29.2 Å². The van der Waals surface area contributed by atoms with Gasteiger partial charge in [-0.25, -0.2) is 13.6 Å². The molecule has 0 radical (unpaired) electrons. The molecular formula is C30H35F4N3O6. The monoisotopic (exact) mass is 609 g/mol. The quantitative estimate of drug-likeness (QED) is 0.222. The molecule has 2 aromatic rings. The lowest BCUT2D eigenvalue weighted by molar-refractivity contribution is -0.155. The van der Waals surface area contributed by atoms with Crippen molar-refractivity contribution in [3.05, 3.63) is 65.2 Å². The van der Waals surface area contributed by atoms with Crippen LogP contribution in [0.4, 0.5) is 22.4 Å². The molecule has 0 saturated carbocycles. The van der Waals surface area contributed by atoms with Gasteiger partial charge in [-0.15, -0.1) is 0 Å². The summed E-state index contributed by atoms with van der Waals surface area (Å²) in [6, 6.07) is 7.74. The number of halogens is 4. The fourth-order valence-corrected chi connectivity index (χ4v) is 4.41. The summed E-state index contributed by atoms with van der Waals surface area (Å²) in [5, 5.41) is 5.38. The number of carbonyl (C=O) groups is 4. The maximum atomic E-state index is 14.0. The smallest absolute Gasteiger partial charge is 0.317 e. The van der Waals surface area contributed by atoms with Crippen molar-refractivity contribution in [1.82, 2.24) is 15.5 Å². The maximum Gasteiger partial charge on any atom is 0.317 e. The van der Waals surface area contributed by atoms with Crippen molar-refractivity contribution in [3.63, 3.8) is 0 Å². The zero-order valence-corrected chi connectivity index (χ0v) is 24.2. The van der Waals surface area contributed by atoms with Gasteiger partial charge in [0.2, 0.25) is 17.5 Å². The molecule has 0 aromatic heterocycles. The van der Waals surface area contributed by atoms with Crippen LogP contribution in [0.25, 0.3) is 0 Å². The molecule has 0 unspecified atom stereocenters. The van der Waals surface area contributed by atoms with Crippen LogP contribution in [0.2, 0.25) is 0 Å². The van der Waals surface area contributed by atoms with Crippen molar-refractivity contribution < 1.29 is 46.2 Å². The highest BCUT2D eigenvalue weighted by Crippen LogP contribution is 2.26. The first kappa shape index (κ1) is 33.3. The van der Waals surface area contributed by atoms with Crippen LogP contribution in [0.3, 0.4) is 0 Å². The highest BCUT2D eigenvalue weighted by atomic mass is 19.2. The van der Waals surface area contributed by atoms with Crippen LogP contribution < -0.4 is 15.4 Å². The molecule has 2 N–H and O–H groups in total. The third kappa shape index (κ3) is 9.97. The SMILES string of the molecule is CC(C)(C)OC(=O)CC[C@H](NC(=O)C1CCN(C(=O)NCc2ccccc2)CC1)C(=O)COc1c(F)c(F)cc(F)c1F. The van der Waals surface area contributed by atoms with E-state index in [2.05, 4.69) is 10.6 Å². The lowest BCUT2D eigenvalue weighted by Gasteiger charge is -2.32. The molecule has 234 valence electrons. The van der Waals surface area contributed by atoms with Gasteiger partial charge in [-0.1, -0.05) is 30.3 Å². The van der Waals surface area contributed by atoms with Crippen LogP contribution in [0.15, 0.2) is 36.4 Å². The second-order valence-electron chi connectivity index (χ2n) is 11.1. The average molecular weight is 610 g/mol. The first-order valence-electron chi connectivity index (χ1n) is 13.8. The van der Waals surface area contributed by atoms with E-state index in [0.717, 1.165) is 5.56 Å². The number of nitrogens with zero attached hydrogens (tertiary/aromatic N) is 1. The molecule has 1 saturated heterocycles. The van der Waals surface area contributed by atoms with Gasteiger partial charge in [-0.05, 0) is 45.6 Å². The second kappa shape index (κ2) is 14.8. The number of benzene rings is 2. The summed E-state index contributed by atoms with van der Waals surface area (Å²) >= 11 is 0. The van der Waals surface area contributed by atoms with E-state index in [-0.39, 0.29) is 38.0 Å². The Morgan fingerprint density at radius 1 is 0.977 bits per heavy atom. The molecule has 13 heteroatoms. The van der Waals surface area contributed by atoms with Crippen molar-refractivity contribution in [2.45, 2.75) is 64.6 Å². The van der Waals surface area contributed by atoms with Crippen LogP contribution in [0.5, 0.6) is 5.75 Å². The topological polar surface area (TPSA) is 114 Å². The number of amides is 3. The summed E-state index contributed by atoms with van der Waals surface area (Å²) < 4.78 is 65.1. The van der Waals surface area contributed by atoms with E-state index in [1.165, 1.54) is 0 Å². The van der Waals surface area contributed by atoms with E-state index in [1.807, 2.05) is 30.3 Å². The number of nitrogens with one attached hydrogen (secondary N) is 2. The van der Waals surface area contributed by atoms with E-state index >= 15 is 0 Å². The Hall–Kier alpha value is -4.16. The molecule has 9 nitrogen and oxygen atoms in total. The van der Waals surface area contributed by atoms with Gasteiger partial charge < -0.3 is 25.0 Å². The van der Waals surface area contributed by atoms with Crippen LogP contribution >= 0.6 is 0 Å². The Morgan fingerprint density at radius 2 is 1.58 bits per heavy atom. The number of hydrogen-bond acceptors (Lipinski definition) is 6. The molecule has 0 aliphatic carbocycles. The standard InChI is InChI=1S/C30H35F4N3O6/c1-30(2,3)43-24(39)10-9-22(23(38)17-42-27-25(33)20(31)15-21(32)26(27)34)36-28(40)19-11-13-37(14-12-19)29(41)35-16-18-7-5-4-6-8-18/h4-8,15,19,22H,9-14,16-17H2,1-3H3,(H,35,41)(H,36,40)/t22-/m0/s1. The average Bonchev–Trinajstić information content (AvgIpc) is 2.96. The second-order valence-corrected chi connectivity index (χ2v) is 11.1. The number of urea groups is 1. The largest absolute Gasteiger partial charge is 0.479 e. The number of piperidine rings is 1. The zero-order chi connectivity index (χ0) is 31.7. The van der Waals surface area contributed by atoms with Crippen LogP contribution in [-0.2, 0) is 25.7 Å². The van der Waals surface area contributed by atoms with Gasteiger partial charge in [0.05, 0.1) is 6.04 Å². The molecule has 1 aliphatic rings. The molecule has 2 aromatic carbocycles. The van der Waals surface area contributed by atoms with Gasteiger partial charge in [-0.3, -0.25) is 14.4 Å². The van der Waals surface area contributed by atoms with E-state index in [1.54, 1.807) is 25.7 Å². The number of ether oxygens (including phenoxy) is 2. The summed E-state index contributed by atoms with van der Waals surface area (Å²) in [7, 11) is 0. The van der Waals surface area contributed by atoms with Crippen molar-refractivity contribution in [1.29, 1.82) is 0 Å². The van der Waals surface area contributed by atoms with Crippen LogP contribution in [0.1, 0.15) is 52.0 Å². The summed E-state index contributed by atoms with van der Waals surface area (Å²) in [5.74, 6) is -11.1. The number of ketones is 1. The van der Waals surface area contributed by atoms with E-state index in [0.29, 0.717) is 19.4 Å². The summed E-state index contributed by atoms with van der Waals surface area (Å²) in [4.78, 5) is 52.4. The van der Waals surface area contributed by atoms with Gasteiger partial charge in [-0.2, -0.15) is 8.78 Å². The highest BCUT2D eigenvalue weighted by molar-refractivity contribution is 5.91. The number of likely N-dealkylation sites (tertiary alicyclic amines) is 1. The molecule has 1 heterocycles. The predicted molar refractivity (Wildman–Crippen MR) is 147 cm³/mol. The first-order chi connectivity index (χ1) is 20.2. The molecule has 3 amide bonds.